The summed E-state index contributed by atoms with van der Waals surface area (Å²) < 4.78 is 5.32. The molecule has 0 saturated heterocycles. The number of carbonyl (C=O) groups is 1. The highest BCUT2D eigenvalue weighted by Gasteiger charge is 2.37. The molecule has 4 aromatic rings. The van der Waals surface area contributed by atoms with Gasteiger partial charge < -0.3 is 10.1 Å². The fourth-order valence-electron chi connectivity index (χ4n) is 3.88. The van der Waals surface area contributed by atoms with Crippen LogP contribution in [0.1, 0.15) is 24.5 Å². The van der Waals surface area contributed by atoms with Gasteiger partial charge in [0.05, 0.1) is 7.11 Å². The maximum Gasteiger partial charge on any atom is 0.247 e. The molecular weight excluding hydrogens is 394 g/mol. The fraction of sp³-hybridized carbons (Fsp3) is 0.138. The standard InChI is InChI=1S/C29H25NO2/c1-3-29(24-14-5-4-6-15-24,20-19-22-11-9-16-25(21-22)32-2)28(31)30-27-18-10-13-23-12-7-8-17-26(23)27/h4-18,21H,3H2,1-2H3,(H,30,31)/t29-/m1/s1. The Labute approximate surface area is 189 Å². The van der Waals surface area contributed by atoms with Crippen molar-refractivity contribution in [2.75, 3.05) is 12.4 Å². The van der Waals surface area contributed by atoms with Gasteiger partial charge in [-0.05, 0) is 41.6 Å². The Kier molecular flexibility index (Phi) is 6.24. The van der Waals surface area contributed by atoms with Crippen molar-refractivity contribution < 1.29 is 9.53 Å². The second kappa shape index (κ2) is 9.41. The number of nitrogens with one attached hydrogen (secondary N) is 1. The Hall–Kier alpha value is -4.03. The summed E-state index contributed by atoms with van der Waals surface area (Å²) in [4.78, 5) is 13.8. The topological polar surface area (TPSA) is 38.3 Å². The van der Waals surface area contributed by atoms with Crippen LogP contribution in [0.4, 0.5) is 5.69 Å². The number of fused-ring (bicyclic) bond motifs is 1. The SMILES string of the molecule is CC[C@](C#Cc1cccc(OC)c1)(C(=O)Nc1cccc2ccccc12)c1ccccc1. The third kappa shape index (κ3) is 4.22. The van der Waals surface area contributed by atoms with E-state index in [0.29, 0.717) is 6.42 Å². The third-order valence-electron chi connectivity index (χ3n) is 5.71. The predicted molar refractivity (Wildman–Crippen MR) is 131 cm³/mol. The van der Waals surface area contributed by atoms with E-state index in [1.807, 2.05) is 104 Å². The molecule has 158 valence electrons. The zero-order chi connectivity index (χ0) is 22.4. The smallest absolute Gasteiger partial charge is 0.247 e. The Bertz CT molecular complexity index is 1300. The fourth-order valence-corrected chi connectivity index (χ4v) is 3.88. The molecule has 3 heteroatoms. The molecule has 4 aromatic carbocycles. The molecule has 4 rings (SSSR count). The van der Waals surface area contributed by atoms with E-state index in [1.54, 1.807) is 7.11 Å². The van der Waals surface area contributed by atoms with Crippen LogP contribution in [0.5, 0.6) is 5.75 Å². The minimum Gasteiger partial charge on any atom is -0.497 e. The van der Waals surface area contributed by atoms with Gasteiger partial charge >= 0.3 is 0 Å². The Morgan fingerprint density at radius 3 is 2.41 bits per heavy atom. The summed E-state index contributed by atoms with van der Waals surface area (Å²) in [5.74, 6) is 7.13. The van der Waals surface area contributed by atoms with Crippen molar-refractivity contribution in [3.63, 3.8) is 0 Å². The van der Waals surface area contributed by atoms with Gasteiger partial charge in [0.15, 0.2) is 0 Å². The molecule has 1 atom stereocenters. The predicted octanol–water partition coefficient (Wildman–Crippen LogP) is 6.19. The van der Waals surface area contributed by atoms with Crippen molar-refractivity contribution in [2.24, 2.45) is 0 Å². The van der Waals surface area contributed by atoms with Crippen molar-refractivity contribution in [3.05, 3.63) is 108 Å². The third-order valence-corrected chi connectivity index (χ3v) is 5.71. The number of hydrogen-bond donors (Lipinski definition) is 1. The summed E-state index contributed by atoms with van der Waals surface area (Å²) in [5, 5.41) is 5.25. The van der Waals surface area contributed by atoms with E-state index < -0.39 is 5.41 Å². The van der Waals surface area contributed by atoms with Crippen molar-refractivity contribution in [2.45, 2.75) is 18.8 Å². The lowest BCUT2D eigenvalue weighted by atomic mass is 9.77. The summed E-state index contributed by atoms with van der Waals surface area (Å²) in [5.41, 5.74) is 1.46. The maximum atomic E-state index is 13.8. The highest BCUT2D eigenvalue weighted by molar-refractivity contribution is 6.07. The van der Waals surface area contributed by atoms with E-state index >= 15 is 0 Å². The second-order valence-electron chi connectivity index (χ2n) is 7.59. The van der Waals surface area contributed by atoms with Gasteiger partial charge in [0.1, 0.15) is 11.2 Å². The first kappa shape index (κ1) is 21.2. The molecule has 0 unspecified atom stereocenters. The summed E-state index contributed by atoms with van der Waals surface area (Å²) in [7, 11) is 1.63. The number of amides is 1. The molecule has 0 heterocycles. The molecule has 32 heavy (non-hydrogen) atoms. The van der Waals surface area contributed by atoms with E-state index in [9.17, 15) is 4.79 Å². The van der Waals surface area contributed by atoms with Crippen molar-refractivity contribution in [1.29, 1.82) is 0 Å². The molecule has 0 aliphatic heterocycles. The Morgan fingerprint density at radius 2 is 1.62 bits per heavy atom. The lowest BCUT2D eigenvalue weighted by Gasteiger charge is -2.27. The number of anilines is 1. The largest absolute Gasteiger partial charge is 0.497 e. The lowest BCUT2D eigenvalue weighted by molar-refractivity contribution is -0.119. The van der Waals surface area contributed by atoms with Crippen molar-refractivity contribution in [3.8, 4) is 17.6 Å². The van der Waals surface area contributed by atoms with Gasteiger partial charge in [0.2, 0.25) is 5.91 Å². The molecule has 0 saturated carbocycles. The highest BCUT2D eigenvalue weighted by Crippen LogP contribution is 2.31. The first-order chi connectivity index (χ1) is 15.7. The van der Waals surface area contributed by atoms with Gasteiger partial charge in [0.25, 0.3) is 0 Å². The van der Waals surface area contributed by atoms with Crippen LogP contribution in [0, 0.1) is 11.8 Å². The summed E-state index contributed by atoms with van der Waals surface area (Å²) >= 11 is 0. The Balaban J connectivity index is 1.79. The number of hydrogen-bond acceptors (Lipinski definition) is 2. The van der Waals surface area contributed by atoms with Gasteiger partial charge in [-0.1, -0.05) is 91.6 Å². The molecular formula is C29H25NO2. The van der Waals surface area contributed by atoms with Crippen LogP contribution >= 0.6 is 0 Å². The quantitative estimate of drug-likeness (QED) is 0.392. The average molecular weight is 420 g/mol. The number of methoxy groups -OCH3 is 1. The Morgan fingerprint density at radius 1 is 0.906 bits per heavy atom. The first-order valence-corrected chi connectivity index (χ1v) is 10.7. The number of benzene rings is 4. The maximum absolute atomic E-state index is 13.8. The van der Waals surface area contributed by atoms with Gasteiger partial charge in [-0.25, -0.2) is 0 Å². The number of ether oxygens (including phenoxy) is 1. The summed E-state index contributed by atoms with van der Waals surface area (Å²) in [6.45, 7) is 2.00. The van der Waals surface area contributed by atoms with Gasteiger partial charge in [-0.3, -0.25) is 4.79 Å². The summed E-state index contributed by atoms with van der Waals surface area (Å²) in [6, 6.07) is 31.3. The molecule has 0 radical (unpaired) electrons. The van der Waals surface area contributed by atoms with E-state index in [0.717, 1.165) is 33.3 Å². The molecule has 0 aliphatic rings. The van der Waals surface area contributed by atoms with Crippen LogP contribution in [0.15, 0.2) is 97.1 Å². The van der Waals surface area contributed by atoms with Crippen molar-refractivity contribution >= 4 is 22.4 Å². The van der Waals surface area contributed by atoms with Crippen LogP contribution in [0.3, 0.4) is 0 Å². The van der Waals surface area contributed by atoms with E-state index in [-0.39, 0.29) is 5.91 Å². The lowest BCUT2D eigenvalue weighted by Crippen LogP contribution is -2.39. The average Bonchev–Trinajstić information content (AvgIpc) is 2.86. The molecule has 3 nitrogen and oxygen atoms in total. The van der Waals surface area contributed by atoms with E-state index in [1.165, 1.54) is 0 Å². The molecule has 0 spiro atoms. The van der Waals surface area contributed by atoms with Crippen LogP contribution in [-0.2, 0) is 10.2 Å². The van der Waals surface area contributed by atoms with Gasteiger partial charge in [0, 0.05) is 16.6 Å². The van der Waals surface area contributed by atoms with Gasteiger partial charge in [-0.15, -0.1) is 0 Å². The molecule has 0 aromatic heterocycles. The zero-order valence-corrected chi connectivity index (χ0v) is 18.3. The number of carbonyl (C=O) groups excluding carboxylic acids is 1. The second-order valence-corrected chi connectivity index (χ2v) is 7.59. The normalized spacial score (nSPS) is 12.3. The van der Waals surface area contributed by atoms with Crippen LogP contribution in [-0.4, -0.2) is 13.0 Å². The van der Waals surface area contributed by atoms with E-state index in [2.05, 4.69) is 17.2 Å². The van der Waals surface area contributed by atoms with E-state index in [4.69, 9.17) is 4.74 Å². The molecule has 1 amide bonds. The van der Waals surface area contributed by atoms with Crippen LogP contribution in [0.25, 0.3) is 10.8 Å². The van der Waals surface area contributed by atoms with Gasteiger partial charge in [-0.2, -0.15) is 0 Å². The molecule has 0 aliphatic carbocycles. The molecule has 0 fully saturated rings. The minimum absolute atomic E-state index is 0.141. The minimum atomic E-state index is -0.999. The molecule has 0 bridgehead atoms. The highest BCUT2D eigenvalue weighted by atomic mass is 16.5. The van der Waals surface area contributed by atoms with Crippen LogP contribution in [0.2, 0.25) is 0 Å². The number of rotatable bonds is 5. The van der Waals surface area contributed by atoms with Crippen molar-refractivity contribution in [1.82, 2.24) is 0 Å². The summed E-state index contributed by atoms with van der Waals surface area (Å²) in [6.07, 6.45) is 0.532. The first-order valence-electron chi connectivity index (χ1n) is 10.7. The zero-order valence-electron chi connectivity index (χ0n) is 18.3. The monoisotopic (exact) mass is 419 g/mol. The van der Waals surface area contributed by atoms with Crippen LogP contribution < -0.4 is 10.1 Å². The molecule has 1 N–H and O–H groups in total.